The average Bonchev–Trinajstić information content (AvgIpc) is 3.39. The van der Waals surface area contributed by atoms with E-state index in [1.165, 1.54) is 5.56 Å². The Morgan fingerprint density at radius 3 is 2.81 bits per heavy atom. The minimum absolute atomic E-state index is 0.582. The lowest BCUT2D eigenvalue weighted by atomic mass is 9.98. The maximum absolute atomic E-state index is 5.43. The van der Waals surface area contributed by atoms with E-state index >= 15 is 0 Å². The van der Waals surface area contributed by atoms with Crippen molar-refractivity contribution in [3.05, 3.63) is 47.1 Å². The lowest BCUT2D eigenvalue weighted by Crippen LogP contribution is -2.36. The summed E-state index contributed by atoms with van der Waals surface area (Å²) >= 11 is 1.68. The Hall–Kier alpha value is -2.25. The second kappa shape index (κ2) is 6.81. The van der Waals surface area contributed by atoms with Gasteiger partial charge in [-0.05, 0) is 17.9 Å². The van der Waals surface area contributed by atoms with Gasteiger partial charge in [-0.2, -0.15) is 0 Å². The average molecular weight is 367 g/mol. The number of morpholine rings is 1. The predicted octanol–water partition coefficient (Wildman–Crippen LogP) is 2.65. The van der Waals surface area contributed by atoms with Gasteiger partial charge in [0.1, 0.15) is 11.5 Å². The predicted molar refractivity (Wildman–Crippen MR) is 102 cm³/mol. The quantitative estimate of drug-likeness (QED) is 0.710. The maximum Gasteiger partial charge on any atom is 0.186 e. The maximum atomic E-state index is 5.43. The lowest BCUT2D eigenvalue weighted by molar-refractivity contribution is 0.122. The first kappa shape index (κ1) is 16.0. The summed E-state index contributed by atoms with van der Waals surface area (Å²) in [6.45, 7) is 4.33. The highest BCUT2D eigenvalue weighted by atomic mass is 32.1. The van der Waals surface area contributed by atoms with E-state index in [0.717, 1.165) is 68.2 Å². The van der Waals surface area contributed by atoms with E-state index in [0.29, 0.717) is 5.92 Å². The number of rotatable bonds is 4. The highest BCUT2D eigenvalue weighted by Crippen LogP contribution is 2.31. The zero-order valence-corrected chi connectivity index (χ0v) is 15.4. The summed E-state index contributed by atoms with van der Waals surface area (Å²) in [6.07, 6.45) is 2.07. The van der Waals surface area contributed by atoms with Crippen LogP contribution in [0.2, 0.25) is 0 Å². The Balaban J connectivity index is 1.33. The van der Waals surface area contributed by atoms with Crippen molar-refractivity contribution in [2.45, 2.75) is 19.4 Å². The van der Waals surface area contributed by atoms with Crippen LogP contribution < -0.4 is 4.90 Å². The summed E-state index contributed by atoms with van der Waals surface area (Å²) in [4.78, 5) is 7.12. The van der Waals surface area contributed by atoms with Crippen LogP contribution in [0.3, 0.4) is 0 Å². The van der Waals surface area contributed by atoms with Crippen LogP contribution in [0.4, 0.5) is 5.13 Å². The first-order chi connectivity index (χ1) is 12.9. The molecule has 7 heteroatoms. The van der Waals surface area contributed by atoms with Crippen LogP contribution in [0.1, 0.15) is 11.4 Å². The van der Waals surface area contributed by atoms with E-state index in [1.807, 2.05) is 0 Å². The molecule has 0 aliphatic carbocycles. The SMILES string of the molecule is c1ccc(CC2Cc3nnc(-c4csc(N5CCOCC5)n4)n3C2)cc1. The molecule has 134 valence electrons. The largest absolute Gasteiger partial charge is 0.378 e. The van der Waals surface area contributed by atoms with Crippen molar-refractivity contribution in [1.82, 2.24) is 19.7 Å². The number of anilines is 1. The van der Waals surface area contributed by atoms with Gasteiger partial charge in [0.2, 0.25) is 0 Å². The highest BCUT2D eigenvalue weighted by molar-refractivity contribution is 7.14. The summed E-state index contributed by atoms with van der Waals surface area (Å²) in [7, 11) is 0. The van der Waals surface area contributed by atoms with Crippen LogP contribution in [-0.4, -0.2) is 46.1 Å². The fourth-order valence-corrected chi connectivity index (χ4v) is 4.66. The number of hydrogen-bond donors (Lipinski definition) is 0. The van der Waals surface area contributed by atoms with Crippen LogP contribution >= 0.6 is 11.3 Å². The Morgan fingerprint density at radius 2 is 1.96 bits per heavy atom. The van der Waals surface area contributed by atoms with Crippen LogP contribution in [-0.2, 0) is 24.1 Å². The van der Waals surface area contributed by atoms with Crippen LogP contribution in [0.5, 0.6) is 0 Å². The van der Waals surface area contributed by atoms with Crippen molar-refractivity contribution in [2.75, 3.05) is 31.2 Å². The fourth-order valence-electron chi connectivity index (χ4n) is 3.80. The van der Waals surface area contributed by atoms with Crippen LogP contribution in [0, 0.1) is 5.92 Å². The highest BCUT2D eigenvalue weighted by Gasteiger charge is 2.28. The van der Waals surface area contributed by atoms with Gasteiger partial charge in [-0.25, -0.2) is 4.98 Å². The van der Waals surface area contributed by atoms with Gasteiger partial charge in [0.05, 0.1) is 13.2 Å². The van der Waals surface area contributed by atoms with Gasteiger partial charge in [-0.3, -0.25) is 0 Å². The molecule has 1 atom stereocenters. The zero-order chi connectivity index (χ0) is 17.3. The second-order valence-corrected chi connectivity index (χ2v) is 7.76. The third-order valence-corrected chi connectivity index (χ3v) is 6.01. The normalized spacial score (nSPS) is 19.7. The fraction of sp³-hybridized carbons (Fsp3) is 0.421. The molecular formula is C19H21N5OS. The summed E-state index contributed by atoms with van der Waals surface area (Å²) < 4.78 is 7.69. The van der Waals surface area contributed by atoms with Gasteiger partial charge in [-0.1, -0.05) is 30.3 Å². The number of nitrogens with zero attached hydrogens (tertiary/aromatic N) is 5. The van der Waals surface area contributed by atoms with Gasteiger partial charge in [0, 0.05) is 31.4 Å². The third-order valence-electron chi connectivity index (χ3n) is 5.11. The van der Waals surface area contributed by atoms with Gasteiger partial charge in [-0.15, -0.1) is 21.5 Å². The molecule has 0 N–H and O–H groups in total. The number of thiazole rings is 1. The van der Waals surface area contributed by atoms with E-state index in [9.17, 15) is 0 Å². The molecule has 2 aromatic heterocycles. The molecule has 0 amide bonds. The second-order valence-electron chi connectivity index (χ2n) is 6.93. The molecule has 2 aliphatic heterocycles. The summed E-state index contributed by atoms with van der Waals surface area (Å²) in [5.41, 5.74) is 2.33. The molecule has 3 aromatic rings. The zero-order valence-electron chi connectivity index (χ0n) is 14.5. The smallest absolute Gasteiger partial charge is 0.186 e. The number of aromatic nitrogens is 4. The van der Waals surface area contributed by atoms with Gasteiger partial charge < -0.3 is 14.2 Å². The third kappa shape index (κ3) is 3.01. The first-order valence-electron chi connectivity index (χ1n) is 9.11. The molecule has 1 unspecified atom stereocenters. The van der Waals surface area contributed by atoms with Crippen LogP contribution in [0.25, 0.3) is 11.5 Å². The molecular weight excluding hydrogens is 346 g/mol. The van der Waals surface area contributed by atoms with E-state index in [1.54, 1.807) is 11.3 Å². The van der Waals surface area contributed by atoms with Crippen molar-refractivity contribution >= 4 is 16.5 Å². The van der Waals surface area contributed by atoms with Crippen molar-refractivity contribution in [1.29, 1.82) is 0 Å². The molecule has 1 saturated heterocycles. The van der Waals surface area contributed by atoms with E-state index in [4.69, 9.17) is 9.72 Å². The van der Waals surface area contributed by atoms with Crippen molar-refractivity contribution in [2.24, 2.45) is 5.92 Å². The van der Waals surface area contributed by atoms with Gasteiger partial charge in [0.25, 0.3) is 0 Å². The van der Waals surface area contributed by atoms with Gasteiger partial charge >= 0.3 is 0 Å². The number of ether oxygens (including phenoxy) is 1. The molecule has 0 bridgehead atoms. The summed E-state index contributed by atoms with van der Waals surface area (Å²) in [5.74, 6) is 2.58. The standard InChI is InChI=1S/C19H21N5OS/c1-2-4-14(5-3-1)10-15-11-17-21-22-18(24(17)12-15)16-13-26-19(20-16)23-6-8-25-9-7-23/h1-5,13,15H,6-12H2. The summed E-state index contributed by atoms with van der Waals surface area (Å²) in [6, 6.07) is 10.7. The summed E-state index contributed by atoms with van der Waals surface area (Å²) in [5, 5.41) is 12.0. The first-order valence-corrected chi connectivity index (χ1v) is 9.99. The molecule has 4 heterocycles. The molecule has 0 radical (unpaired) electrons. The van der Waals surface area contributed by atoms with Crippen molar-refractivity contribution in [3.8, 4) is 11.5 Å². The van der Waals surface area contributed by atoms with Gasteiger partial charge in [0.15, 0.2) is 11.0 Å². The minimum atomic E-state index is 0.582. The molecule has 1 fully saturated rings. The van der Waals surface area contributed by atoms with E-state index in [-0.39, 0.29) is 0 Å². The topological polar surface area (TPSA) is 56.1 Å². The molecule has 6 nitrogen and oxygen atoms in total. The Morgan fingerprint density at radius 1 is 1.12 bits per heavy atom. The number of benzene rings is 1. The Bertz CT molecular complexity index is 884. The van der Waals surface area contributed by atoms with Crippen molar-refractivity contribution in [3.63, 3.8) is 0 Å². The molecule has 5 rings (SSSR count). The molecule has 0 saturated carbocycles. The Kier molecular flexibility index (Phi) is 4.18. The molecule has 26 heavy (non-hydrogen) atoms. The number of hydrogen-bond acceptors (Lipinski definition) is 6. The monoisotopic (exact) mass is 367 g/mol. The molecule has 0 spiro atoms. The minimum Gasteiger partial charge on any atom is -0.378 e. The molecule has 1 aromatic carbocycles. The number of fused-ring (bicyclic) bond motifs is 1. The Labute approximate surface area is 156 Å². The lowest BCUT2D eigenvalue weighted by Gasteiger charge is -2.25. The van der Waals surface area contributed by atoms with Crippen LogP contribution in [0.15, 0.2) is 35.7 Å². The van der Waals surface area contributed by atoms with E-state index < -0.39 is 0 Å². The molecule has 2 aliphatic rings. The van der Waals surface area contributed by atoms with E-state index in [2.05, 4.69) is 55.4 Å². The van der Waals surface area contributed by atoms with Crippen molar-refractivity contribution < 1.29 is 4.74 Å².